The average Bonchev–Trinajstić information content (AvgIpc) is 2.81. The summed E-state index contributed by atoms with van der Waals surface area (Å²) in [6.45, 7) is 1.89. The first-order chi connectivity index (χ1) is 9.72. The third-order valence-electron chi connectivity index (χ3n) is 3.89. The van der Waals surface area contributed by atoms with Crippen molar-refractivity contribution in [1.29, 1.82) is 0 Å². The largest absolute Gasteiger partial charge is 0.358 e. The molecular weight excluding hydrogens is 248 g/mol. The van der Waals surface area contributed by atoms with E-state index in [0.29, 0.717) is 0 Å². The van der Waals surface area contributed by atoms with Crippen LogP contribution in [0.3, 0.4) is 0 Å². The highest BCUT2D eigenvalue weighted by Crippen LogP contribution is 2.43. The molecule has 0 fully saturated rings. The molecule has 0 bridgehead atoms. The lowest BCUT2D eigenvalue weighted by Crippen LogP contribution is -2.42. The molecule has 0 aromatic heterocycles. The van der Waals surface area contributed by atoms with Gasteiger partial charge in [0.15, 0.2) is 0 Å². The lowest BCUT2D eigenvalue weighted by molar-refractivity contribution is -0.122. The van der Waals surface area contributed by atoms with Crippen molar-refractivity contribution >= 4 is 5.91 Å². The quantitative estimate of drug-likeness (QED) is 0.896. The van der Waals surface area contributed by atoms with Gasteiger partial charge < -0.3 is 5.32 Å². The first-order valence-electron chi connectivity index (χ1n) is 6.88. The molecule has 0 heterocycles. The maximum atomic E-state index is 11.7. The van der Waals surface area contributed by atoms with Gasteiger partial charge in [0.25, 0.3) is 0 Å². The molecular formula is C17H18N2O. The predicted molar refractivity (Wildman–Crippen MR) is 80.4 cm³/mol. The number of benzene rings is 2. The number of hydrogen-bond acceptors (Lipinski definition) is 2. The smallest absolute Gasteiger partial charge is 0.236 e. The highest BCUT2D eigenvalue weighted by atomic mass is 16.2. The van der Waals surface area contributed by atoms with Crippen LogP contribution in [0.5, 0.6) is 0 Å². The van der Waals surface area contributed by atoms with E-state index in [1.807, 2.05) is 19.1 Å². The summed E-state index contributed by atoms with van der Waals surface area (Å²) in [4.78, 5) is 11.7. The molecule has 3 rings (SSSR count). The van der Waals surface area contributed by atoms with E-state index >= 15 is 0 Å². The molecule has 1 aliphatic carbocycles. The van der Waals surface area contributed by atoms with Crippen LogP contribution >= 0.6 is 0 Å². The van der Waals surface area contributed by atoms with E-state index in [1.54, 1.807) is 7.05 Å². The molecule has 0 radical (unpaired) electrons. The second kappa shape index (κ2) is 5.10. The van der Waals surface area contributed by atoms with Crippen molar-refractivity contribution in [2.24, 2.45) is 0 Å². The standard InChI is InChI=1S/C17H18N2O/c1-11(17(20)18-2)19-16-14-9-5-3-7-12(14)13-8-4-6-10-15(13)16/h3-11,16,19H,1-2H3,(H,18,20). The summed E-state index contributed by atoms with van der Waals surface area (Å²) >= 11 is 0. The molecule has 1 unspecified atom stereocenters. The Labute approximate surface area is 119 Å². The number of fused-ring (bicyclic) bond motifs is 3. The van der Waals surface area contributed by atoms with Gasteiger partial charge in [-0.25, -0.2) is 0 Å². The van der Waals surface area contributed by atoms with Crippen LogP contribution < -0.4 is 10.6 Å². The summed E-state index contributed by atoms with van der Waals surface area (Å²) in [5.74, 6) is 0.00635. The van der Waals surface area contributed by atoms with Crippen LogP contribution in [0.25, 0.3) is 11.1 Å². The molecule has 1 aliphatic rings. The first kappa shape index (κ1) is 12.9. The van der Waals surface area contributed by atoms with Crippen molar-refractivity contribution in [3.63, 3.8) is 0 Å². The molecule has 1 amide bonds. The maximum absolute atomic E-state index is 11.7. The Kier molecular flexibility index (Phi) is 3.28. The Balaban J connectivity index is 2.01. The lowest BCUT2D eigenvalue weighted by atomic mass is 10.0. The van der Waals surface area contributed by atoms with Crippen LogP contribution in [0.1, 0.15) is 24.1 Å². The van der Waals surface area contributed by atoms with Gasteiger partial charge in [-0.05, 0) is 29.2 Å². The summed E-state index contributed by atoms with van der Waals surface area (Å²) in [6, 6.07) is 16.6. The molecule has 3 heteroatoms. The average molecular weight is 266 g/mol. The minimum absolute atomic E-state index is 0.00635. The third-order valence-corrected chi connectivity index (χ3v) is 3.89. The van der Waals surface area contributed by atoms with E-state index in [-0.39, 0.29) is 18.0 Å². The van der Waals surface area contributed by atoms with Crippen molar-refractivity contribution in [1.82, 2.24) is 10.6 Å². The Hall–Kier alpha value is -2.13. The molecule has 2 aromatic rings. The molecule has 20 heavy (non-hydrogen) atoms. The van der Waals surface area contributed by atoms with Gasteiger partial charge in [-0.3, -0.25) is 10.1 Å². The number of hydrogen-bond donors (Lipinski definition) is 2. The van der Waals surface area contributed by atoms with E-state index in [1.165, 1.54) is 22.3 Å². The molecule has 0 aliphatic heterocycles. The minimum Gasteiger partial charge on any atom is -0.358 e. The molecule has 3 nitrogen and oxygen atoms in total. The van der Waals surface area contributed by atoms with E-state index in [4.69, 9.17) is 0 Å². The van der Waals surface area contributed by atoms with Gasteiger partial charge in [-0.15, -0.1) is 0 Å². The van der Waals surface area contributed by atoms with Crippen molar-refractivity contribution in [3.05, 3.63) is 59.7 Å². The maximum Gasteiger partial charge on any atom is 0.236 e. The molecule has 0 spiro atoms. The van der Waals surface area contributed by atoms with Crippen LogP contribution in [-0.4, -0.2) is 19.0 Å². The molecule has 0 saturated heterocycles. The second-order valence-electron chi connectivity index (χ2n) is 5.11. The van der Waals surface area contributed by atoms with Gasteiger partial charge in [0.2, 0.25) is 5.91 Å². The van der Waals surface area contributed by atoms with Crippen molar-refractivity contribution in [2.45, 2.75) is 19.0 Å². The molecule has 2 aromatic carbocycles. The zero-order valence-electron chi connectivity index (χ0n) is 11.7. The second-order valence-corrected chi connectivity index (χ2v) is 5.11. The molecule has 0 saturated carbocycles. The number of carbonyl (C=O) groups is 1. The number of amides is 1. The zero-order chi connectivity index (χ0) is 14.1. The lowest BCUT2D eigenvalue weighted by Gasteiger charge is -2.20. The number of carbonyl (C=O) groups excluding carboxylic acids is 1. The Morgan fingerprint density at radius 3 is 2.00 bits per heavy atom. The zero-order valence-corrected chi connectivity index (χ0v) is 11.7. The van der Waals surface area contributed by atoms with E-state index < -0.39 is 0 Å². The number of likely N-dealkylation sites (N-methyl/N-ethyl adjacent to an activating group) is 1. The molecule has 102 valence electrons. The van der Waals surface area contributed by atoms with Crippen LogP contribution in [0, 0.1) is 0 Å². The fourth-order valence-corrected chi connectivity index (χ4v) is 2.88. The highest BCUT2D eigenvalue weighted by molar-refractivity contribution is 5.82. The highest BCUT2D eigenvalue weighted by Gasteiger charge is 2.29. The van der Waals surface area contributed by atoms with Crippen molar-refractivity contribution in [3.8, 4) is 11.1 Å². The topological polar surface area (TPSA) is 41.1 Å². The third kappa shape index (κ3) is 2.00. The van der Waals surface area contributed by atoms with Gasteiger partial charge in [-0.2, -0.15) is 0 Å². The molecule has 2 N–H and O–H groups in total. The fraction of sp³-hybridized carbons (Fsp3) is 0.235. The van der Waals surface area contributed by atoms with E-state index in [2.05, 4.69) is 47.0 Å². The van der Waals surface area contributed by atoms with Crippen molar-refractivity contribution in [2.75, 3.05) is 7.05 Å². The summed E-state index contributed by atoms with van der Waals surface area (Å²) in [5, 5.41) is 6.12. The summed E-state index contributed by atoms with van der Waals surface area (Å²) < 4.78 is 0. The van der Waals surface area contributed by atoms with E-state index in [9.17, 15) is 4.79 Å². The fourth-order valence-electron chi connectivity index (χ4n) is 2.88. The predicted octanol–water partition coefficient (Wildman–Crippen LogP) is 2.48. The summed E-state index contributed by atoms with van der Waals surface area (Å²) in [5.41, 5.74) is 4.99. The number of nitrogens with one attached hydrogen (secondary N) is 2. The Bertz CT molecular complexity index is 605. The number of rotatable bonds is 3. The van der Waals surface area contributed by atoms with Gasteiger partial charge in [0.05, 0.1) is 12.1 Å². The van der Waals surface area contributed by atoms with Crippen molar-refractivity contribution < 1.29 is 4.79 Å². The van der Waals surface area contributed by atoms with Crippen LogP contribution in [0.2, 0.25) is 0 Å². The van der Waals surface area contributed by atoms with Gasteiger partial charge in [0.1, 0.15) is 0 Å². The van der Waals surface area contributed by atoms with Gasteiger partial charge in [-0.1, -0.05) is 48.5 Å². The van der Waals surface area contributed by atoms with Crippen LogP contribution in [0.4, 0.5) is 0 Å². The Morgan fingerprint density at radius 2 is 1.50 bits per heavy atom. The molecule has 1 atom stereocenters. The minimum atomic E-state index is -0.232. The SMILES string of the molecule is CNC(=O)C(C)NC1c2ccccc2-c2ccccc21. The van der Waals surface area contributed by atoms with Gasteiger partial charge >= 0.3 is 0 Å². The normalized spacial score (nSPS) is 14.5. The Morgan fingerprint density at radius 1 is 1.00 bits per heavy atom. The van der Waals surface area contributed by atoms with Gasteiger partial charge in [0, 0.05) is 7.05 Å². The van der Waals surface area contributed by atoms with Crippen LogP contribution in [-0.2, 0) is 4.79 Å². The van der Waals surface area contributed by atoms with E-state index in [0.717, 1.165) is 0 Å². The summed E-state index contributed by atoms with van der Waals surface area (Å²) in [7, 11) is 1.66. The first-order valence-corrected chi connectivity index (χ1v) is 6.88. The van der Waals surface area contributed by atoms with Crippen LogP contribution in [0.15, 0.2) is 48.5 Å². The monoisotopic (exact) mass is 266 g/mol. The summed E-state index contributed by atoms with van der Waals surface area (Å²) in [6.07, 6.45) is 0.